The molecule has 2 aromatic heterocycles. The summed E-state index contributed by atoms with van der Waals surface area (Å²) in [5.41, 5.74) is 4.91. The second-order valence-electron chi connectivity index (χ2n) is 6.44. The maximum Gasteiger partial charge on any atom is 0.232 e. The molecule has 0 unspecified atom stereocenters. The first-order valence-electron chi connectivity index (χ1n) is 8.36. The van der Waals surface area contributed by atoms with Gasteiger partial charge in [0, 0.05) is 29.3 Å². The van der Waals surface area contributed by atoms with Crippen molar-refractivity contribution in [3.63, 3.8) is 0 Å². The van der Waals surface area contributed by atoms with Crippen LogP contribution >= 0.6 is 22.7 Å². The van der Waals surface area contributed by atoms with Gasteiger partial charge < -0.3 is 0 Å². The smallest absolute Gasteiger partial charge is 0.232 e. The van der Waals surface area contributed by atoms with Crippen molar-refractivity contribution in [3.05, 3.63) is 50.2 Å². The number of fused-ring (bicyclic) bond motifs is 1. The lowest BCUT2D eigenvalue weighted by Gasteiger charge is -2.29. The lowest BCUT2D eigenvalue weighted by molar-refractivity contribution is 0.592. The molecule has 0 amide bonds. The van der Waals surface area contributed by atoms with Gasteiger partial charge in [0.15, 0.2) is 0 Å². The topological polar surface area (TPSA) is 63.2 Å². The Morgan fingerprint density at radius 1 is 1.19 bits per heavy atom. The van der Waals surface area contributed by atoms with Gasteiger partial charge in [-0.15, -0.1) is 22.7 Å². The van der Waals surface area contributed by atoms with Crippen LogP contribution in [-0.4, -0.2) is 31.2 Å². The molecule has 0 aliphatic carbocycles. The molecule has 136 valence electrons. The van der Waals surface area contributed by atoms with Gasteiger partial charge in [0.1, 0.15) is 0 Å². The van der Waals surface area contributed by atoms with Gasteiger partial charge in [-0.05, 0) is 37.5 Å². The molecule has 8 heteroatoms. The molecule has 0 atom stereocenters. The molecule has 0 bridgehead atoms. The normalized spacial score (nSPS) is 14.5. The molecule has 0 saturated carbocycles. The summed E-state index contributed by atoms with van der Waals surface area (Å²) >= 11 is 3.29. The van der Waals surface area contributed by atoms with Crippen LogP contribution in [0.1, 0.15) is 27.7 Å². The monoisotopic (exact) mass is 405 g/mol. The number of hydrogen-bond donors (Lipinski definition) is 0. The Kier molecular flexibility index (Phi) is 4.58. The van der Waals surface area contributed by atoms with Crippen LogP contribution in [-0.2, 0) is 22.9 Å². The summed E-state index contributed by atoms with van der Waals surface area (Å²) in [6.07, 6.45) is 3.75. The third kappa shape index (κ3) is 3.54. The molecule has 0 saturated heterocycles. The highest BCUT2D eigenvalue weighted by atomic mass is 32.2. The Hall–Kier alpha value is -1.77. The number of anilines is 1. The van der Waals surface area contributed by atoms with Crippen LogP contribution in [0.15, 0.2) is 29.0 Å². The number of hydrogen-bond acceptors (Lipinski definition) is 6. The molecular weight excluding hydrogens is 386 g/mol. The SMILES string of the molecule is Cc1nc(Cc2nc(-c3ccc4c(c3)CCCN4S(C)(=O)=O)cs2)cs1. The molecule has 5 nitrogen and oxygen atoms in total. The second-order valence-corrected chi connectivity index (χ2v) is 10.4. The standard InChI is InChI=1S/C18H19N3O2S3/c1-12-19-15(10-24-12)9-18-20-16(11-25-18)13-5-6-17-14(8-13)4-3-7-21(17)26(2,22)23/h5-6,8,10-11H,3-4,7,9H2,1-2H3. The molecule has 26 heavy (non-hydrogen) atoms. The van der Waals surface area contributed by atoms with E-state index in [0.717, 1.165) is 57.5 Å². The molecule has 4 rings (SSSR count). The van der Waals surface area contributed by atoms with Crippen LogP contribution in [0.4, 0.5) is 5.69 Å². The van der Waals surface area contributed by atoms with Gasteiger partial charge in [0.2, 0.25) is 10.0 Å². The van der Waals surface area contributed by atoms with Crippen LogP contribution in [0.25, 0.3) is 11.3 Å². The molecular formula is C18H19N3O2S3. The average molecular weight is 406 g/mol. The molecule has 1 aliphatic heterocycles. The van der Waals surface area contributed by atoms with E-state index in [4.69, 9.17) is 4.98 Å². The van der Waals surface area contributed by atoms with E-state index in [1.165, 1.54) is 10.6 Å². The second kappa shape index (κ2) is 6.75. The minimum Gasteiger partial charge on any atom is -0.270 e. The van der Waals surface area contributed by atoms with E-state index in [0.29, 0.717) is 6.54 Å². The van der Waals surface area contributed by atoms with E-state index < -0.39 is 10.0 Å². The highest BCUT2D eigenvalue weighted by molar-refractivity contribution is 7.92. The molecule has 1 aromatic carbocycles. The van der Waals surface area contributed by atoms with Gasteiger partial charge in [-0.2, -0.15) is 0 Å². The summed E-state index contributed by atoms with van der Waals surface area (Å²) in [6.45, 7) is 2.56. The Balaban J connectivity index is 1.61. The van der Waals surface area contributed by atoms with E-state index in [-0.39, 0.29) is 0 Å². The third-order valence-electron chi connectivity index (χ3n) is 4.40. The van der Waals surface area contributed by atoms with Crippen LogP contribution in [0.5, 0.6) is 0 Å². The van der Waals surface area contributed by atoms with E-state index in [9.17, 15) is 8.42 Å². The Morgan fingerprint density at radius 2 is 2.04 bits per heavy atom. The molecule has 0 fully saturated rings. The van der Waals surface area contributed by atoms with E-state index in [2.05, 4.69) is 21.8 Å². The summed E-state index contributed by atoms with van der Waals surface area (Å²) in [7, 11) is -3.23. The van der Waals surface area contributed by atoms with Gasteiger partial charge in [0.05, 0.1) is 33.3 Å². The van der Waals surface area contributed by atoms with Crippen LogP contribution in [0.3, 0.4) is 0 Å². The zero-order chi connectivity index (χ0) is 18.3. The lowest BCUT2D eigenvalue weighted by Crippen LogP contribution is -2.34. The number of aromatic nitrogens is 2. The van der Waals surface area contributed by atoms with Crippen molar-refractivity contribution >= 4 is 38.4 Å². The van der Waals surface area contributed by atoms with E-state index in [1.54, 1.807) is 22.7 Å². The van der Waals surface area contributed by atoms with Crippen molar-refractivity contribution in [2.24, 2.45) is 0 Å². The van der Waals surface area contributed by atoms with Crippen molar-refractivity contribution in [1.82, 2.24) is 9.97 Å². The zero-order valence-electron chi connectivity index (χ0n) is 14.6. The molecule has 1 aliphatic rings. The van der Waals surface area contributed by atoms with Gasteiger partial charge in [-0.1, -0.05) is 6.07 Å². The minimum atomic E-state index is -3.23. The summed E-state index contributed by atoms with van der Waals surface area (Å²) < 4.78 is 25.5. The van der Waals surface area contributed by atoms with Gasteiger partial charge >= 0.3 is 0 Å². The molecule has 3 aromatic rings. The fourth-order valence-corrected chi connectivity index (χ4v) is 5.66. The number of rotatable bonds is 4. The Bertz CT molecular complexity index is 1050. The minimum absolute atomic E-state index is 0.555. The average Bonchev–Trinajstić information content (AvgIpc) is 3.22. The van der Waals surface area contributed by atoms with Crippen LogP contribution in [0.2, 0.25) is 0 Å². The quantitative estimate of drug-likeness (QED) is 0.661. The van der Waals surface area contributed by atoms with E-state index >= 15 is 0 Å². The number of nitrogens with zero attached hydrogens (tertiary/aromatic N) is 3. The third-order valence-corrected chi connectivity index (χ3v) is 7.25. The predicted molar refractivity (Wildman–Crippen MR) is 108 cm³/mol. The first-order valence-corrected chi connectivity index (χ1v) is 12.0. The number of sulfonamides is 1. The fraction of sp³-hybridized carbons (Fsp3) is 0.333. The van der Waals surface area contributed by atoms with Crippen molar-refractivity contribution in [1.29, 1.82) is 0 Å². The Labute approximate surface area is 161 Å². The molecule has 0 spiro atoms. The summed E-state index contributed by atoms with van der Waals surface area (Å²) in [6, 6.07) is 5.96. The van der Waals surface area contributed by atoms with Gasteiger partial charge in [-0.25, -0.2) is 18.4 Å². The van der Waals surface area contributed by atoms with Crippen LogP contribution in [0, 0.1) is 6.92 Å². The van der Waals surface area contributed by atoms with Crippen molar-refractivity contribution in [3.8, 4) is 11.3 Å². The van der Waals surface area contributed by atoms with Gasteiger partial charge in [0.25, 0.3) is 0 Å². The molecule has 0 radical (unpaired) electrons. The zero-order valence-corrected chi connectivity index (χ0v) is 17.0. The number of thiazole rings is 2. The maximum atomic E-state index is 12.0. The van der Waals surface area contributed by atoms with Gasteiger partial charge in [-0.3, -0.25) is 4.31 Å². The predicted octanol–water partition coefficient (Wildman–Crippen LogP) is 3.88. The maximum absolute atomic E-state index is 12.0. The largest absolute Gasteiger partial charge is 0.270 e. The first kappa shape index (κ1) is 17.6. The summed E-state index contributed by atoms with van der Waals surface area (Å²) in [4.78, 5) is 9.25. The number of aryl methyl sites for hydroxylation is 2. The Morgan fingerprint density at radius 3 is 2.77 bits per heavy atom. The van der Waals surface area contributed by atoms with Crippen LogP contribution < -0.4 is 4.31 Å². The fourth-order valence-electron chi connectivity index (χ4n) is 3.24. The number of benzene rings is 1. The summed E-state index contributed by atoms with van der Waals surface area (Å²) in [5, 5.41) is 6.25. The van der Waals surface area contributed by atoms with E-state index in [1.807, 2.05) is 19.1 Å². The van der Waals surface area contributed by atoms with Crippen molar-refractivity contribution in [2.75, 3.05) is 17.1 Å². The molecule has 0 N–H and O–H groups in total. The lowest BCUT2D eigenvalue weighted by atomic mass is 10.00. The highest BCUT2D eigenvalue weighted by Gasteiger charge is 2.24. The molecule has 3 heterocycles. The van der Waals surface area contributed by atoms with Crippen molar-refractivity contribution in [2.45, 2.75) is 26.2 Å². The van der Waals surface area contributed by atoms with Crippen molar-refractivity contribution < 1.29 is 8.42 Å². The highest BCUT2D eigenvalue weighted by Crippen LogP contribution is 2.33. The first-order chi connectivity index (χ1) is 12.4. The summed E-state index contributed by atoms with van der Waals surface area (Å²) in [5.74, 6) is 0.